The fourth-order valence-corrected chi connectivity index (χ4v) is 5.68. The highest BCUT2D eigenvalue weighted by molar-refractivity contribution is 6.02. The molecule has 3 aromatic carbocycles. The molecule has 2 heterocycles. The van der Waals surface area contributed by atoms with Crippen LogP contribution in [0.15, 0.2) is 66.7 Å². The lowest BCUT2D eigenvalue weighted by atomic mass is 9.93. The van der Waals surface area contributed by atoms with Crippen molar-refractivity contribution in [3.63, 3.8) is 0 Å². The van der Waals surface area contributed by atoms with Crippen molar-refractivity contribution in [3.8, 4) is 11.5 Å². The standard InChI is InChI=1S/C31H33N5O4/c1-21-9-5-6-12-24(21)30(31(38)32-22-10-3-2-4-11-22)36(23-15-16-27-28(19-23)40-18-17-39-27)29(37)20-35-26-14-8-7-13-25(26)33-34-35/h5-9,12-16,19,22,30H,2-4,10-11,17-18,20H2,1H3,(H,32,38). The van der Waals surface area contributed by atoms with E-state index in [0.29, 0.717) is 35.9 Å². The number of para-hydroxylation sites is 1. The molecule has 9 heteroatoms. The summed E-state index contributed by atoms with van der Waals surface area (Å²) in [5.74, 6) is 0.667. The van der Waals surface area contributed by atoms with Crippen LogP contribution in [0.25, 0.3) is 11.0 Å². The van der Waals surface area contributed by atoms with Gasteiger partial charge in [-0.1, -0.05) is 60.9 Å². The SMILES string of the molecule is Cc1ccccc1C(C(=O)NC1CCCCC1)N(C(=O)Cn1nnc2ccccc21)c1ccc2c(c1)OCCO2. The zero-order valence-corrected chi connectivity index (χ0v) is 22.6. The van der Waals surface area contributed by atoms with Crippen LogP contribution in [-0.2, 0) is 16.1 Å². The predicted molar refractivity (Wildman–Crippen MR) is 151 cm³/mol. The van der Waals surface area contributed by atoms with Crippen molar-refractivity contribution in [2.24, 2.45) is 0 Å². The third-order valence-electron chi connectivity index (χ3n) is 7.72. The fourth-order valence-electron chi connectivity index (χ4n) is 5.68. The van der Waals surface area contributed by atoms with Gasteiger partial charge in [0, 0.05) is 17.8 Å². The Kier molecular flexibility index (Phi) is 7.35. The Labute approximate surface area is 233 Å². The number of anilines is 1. The first-order chi connectivity index (χ1) is 19.6. The van der Waals surface area contributed by atoms with Crippen LogP contribution < -0.4 is 19.7 Å². The lowest BCUT2D eigenvalue weighted by molar-refractivity contribution is -0.127. The van der Waals surface area contributed by atoms with Crippen molar-refractivity contribution in [2.75, 3.05) is 18.1 Å². The van der Waals surface area contributed by atoms with Crippen LogP contribution >= 0.6 is 0 Å². The first kappa shape index (κ1) is 25.9. The van der Waals surface area contributed by atoms with Gasteiger partial charge in [0.1, 0.15) is 31.3 Å². The first-order valence-electron chi connectivity index (χ1n) is 13.9. The molecule has 40 heavy (non-hydrogen) atoms. The highest BCUT2D eigenvalue weighted by Gasteiger charge is 2.36. The molecule has 0 spiro atoms. The van der Waals surface area contributed by atoms with Gasteiger partial charge in [0.15, 0.2) is 11.5 Å². The van der Waals surface area contributed by atoms with Gasteiger partial charge in [-0.15, -0.1) is 5.10 Å². The second-order valence-corrected chi connectivity index (χ2v) is 10.4. The summed E-state index contributed by atoms with van der Waals surface area (Å²) in [6, 6.07) is 19.8. The van der Waals surface area contributed by atoms with Crippen molar-refractivity contribution in [3.05, 3.63) is 77.9 Å². The van der Waals surface area contributed by atoms with Crippen LogP contribution in [-0.4, -0.2) is 46.1 Å². The first-order valence-corrected chi connectivity index (χ1v) is 13.9. The Bertz CT molecular complexity index is 1530. The van der Waals surface area contributed by atoms with E-state index in [1.54, 1.807) is 21.7 Å². The summed E-state index contributed by atoms with van der Waals surface area (Å²) in [5, 5.41) is 11.7. The fraction of sp³-hybridized carbons (Fsp3) is 0.355. The van der Waals surface area contributed by atoms with Crippen LogP contribution in [0.5, 0.6) is 11.5 Å². The number of carbonyl (C=O) groups is 2. The number of aryl methyl sites for hydroxylation is 1. The third-order valence-corrected chi connectivity index (χ3v) is 7.72. The number of aromatic nitrogens is 3. The monoisotopic (exact) mass is 539 g/mol. The number of hydrogen-bond donors (Lipinski definition) is 1. The predicted octanol–water partition coefficient (Wildman–Crippen LogP) is 4.73. The molecule has 6 rings (SSSR count). The third kappa shape index (κ3) is 5.23. The lowest BCUT2D eigenvalue weighted by Crippen LogP contribution is -2.48. The molecule has 0 bridgehead atoms. The summed E-state index contributed by atoms with van der Waals surface area (Å²) in [6.07, 6.45) is 5.24. The Morgan fingerprint density at radius 2 is 1.73 bits per heavy atom. The van der Waals surface area contributed by atoms with E-state index in [9.17, 15) is 9.59 Å². The minimum Gasteiger partial charge on any atom is -0.486 e. The van der Waals surface area contributed by atoms with Crippen LogP contribution in [0, 0.1) is 6.92 Å². The van der Waals surface area contributed by atoms with Gasteiger partial charge in [0.05, 0.1) is 5.52 Å². The molecule has 9 nitrogen and oxygen atoms in total. The van der Waals surface area contributed by atoms with E-state index in [1.807, 2.05) is 61.5 Å². The summed E-state index contributed by atoms with van der Waals surface area (Å²) in [6.45, 7) is 2.75. The van der Waals surface area contributed by atoms with Crippen LogP contribution in [0.1, 0.15) is 49.3 Å². The zero-order valence-electron chi connectivity index (χ0n) is 22.6. The van der Waals surface area contributed by atoms with E-state index in [-0.39, 0.29) is 24.4 Å². The summed E-state index contributed by atoms with van der Waals surface area (Å²) in [4.78, 5) is 30.1. The van der Waals surface area contributed by atoms with Gasteiger partial charge in [0.25, 0.3) is 0 Å². The Morgan fingerprint density at radius 3 is 2.55 bits per heavy atom. The number of nitrogens with one attached hydrogen (secondary N) is 1. The maximum Gasteiger partial charge on any atom is 0.249 e. The number of carbonyl (C=O) groups excluding carboxylic acids is 2. The summed E-state index contributed by atoms with van der Waals surface area (Å²) in [7, 11) is 0. The maximum absolute atomic E-state index is 14.3. The average Bonchev–Trinajstić information content (AvgIpc) is 3.39. The average molecular weight is 540 g/mol. The summed E-state index contributed by atoms with van der Waals surface area (Å²) in [5.41, 5.74) is 3.69. The van der Waals surface area contributed by atoms with Gasteiger partial charge in [-0.25, -0.2) is 4.68 Å². The van der Waals surface area contributed by atoms with Gasteiger partial charge in [0.2, 0.25) is 11.8 Å². The van der Waals surface area contributed by atoms with Crippen molar-refractivity contribution < 1.29 is 19.1 Å². The second kappa shape index (κ2) is 11.4. The molecule has 0 radical (unpaired) electrons. The molecule has 1 unspecified atom stereocenters. The molecule has 1 saturated carbocycles. The second-order valence-electron chi connectivity index (χ2n) is 10.4. The molecular formula is C31H33N5O4. The lowest BCUT2D eigenvalue weighted by Gasteiger charge is -2.34. The number of benzene rings is 3. The number of rotatable bonds is 7. The minimum absolute atomic E-state index is 0.0873. The molecule has 2 amide bonds. The molecule has 1 atom stereocenters. The highest BCUT2D eigenvalue weighted by Crippen LogP contribution is 2.38. The normalized spacial score (nSPS) is 15.9. The minimum atomic E-state index is -0.895. The van der Waals surface area contributed by atoms with Crippen molar-refractivity contribution in [1.82, 2.24) is 20.3 Å². The van der Waals surface area contributed by atoms with Gasteiger partial charge < -0.3 is 14.8 Å². The smallest absolute Gasteiger partial charge is 0.249 e. The quantitative estimate of drug-likeness (QED) is 0.365. The largest absolute Gasteiger partial charge is 0.486 e. The molecule has 0 saturated heterocycles. The Morgan fingerprint density at radius 1 is 0.975 bits per heavy atom. The maximum atomic E-state index is 14.3. The van der Waals surface area contributed by atoms with E-state index in [2.05, 4.69) is 15.6 Å². The van der Waals surface area contributed by atoms with Gasteiger partial charge in [-0.05, 0) is 55.2 Å². The number of fused-ring (bicyclic) bond motifs is 2. The van der Waals surface area contributed by atoms with Crippen molar-refractivity contribution >= 4 is 28.5 Å². The molecule has 1 N–H and O–H groups in total. The van der Waals surface area contributed by atoms with Crippen molar-refractivity contribution in [2.45, 2.75) is 57.7 Å². The molecule has 1 aliphatic carbocycles. The number of ether oxygens (including phenoxy) is 2. The Balaban J connectivity index is 1.44. The number of amides is 2. The van der Waals surface area contributed by atoms with Gasteiger partial charge in [-0.2, -0.15) is 0 Å². The summed E-state index contributed by atoms with van der Waals surface area (Å²) >= 11 is 0. The topological polar surface area (TPSA) is 98.6 Å². The molecule has 4 aromatic rings. The van der Waals surface area contributed by atoms with E-state index in [1.165, 1.54) is 6.42 Å². The van der Waals surface area contributed by atoms with Crippen LogP contribution in [0.4, 0.5) is 5.69 Å². The molecular weight excluding hydrogens is 506 g/mol. The molecule has 1 aliphatic heterocycles. The van der Waals surface area contributed by atoms with Crippen molar-refractivity contribution in [1.29, 1.82) is 0 Å². The molecule has 1 aromatic heterocycles. The van der Waals surface area contributed by atoms with E-state index < -0.39 is 6.04 Å². The highest BCUT2D eigenvalue weighted by atomic mass is 16.6. The molecule has 206 valence electrons. The number of hydrogen-bond acceptors (Lipinski definition) is 6. The van der Waals surface area contributed by atoms with Crippen LogP contribution in [0.2, 0.25) is 0 Å². The zero-order chi connectivity index (χ0) is 27.5. The van der Waals surface area contributed by atoms with E-state index >= 15 is 0 Å². The number of nitrogens with zero attached hydrogens (tertiary/aromatic N) is 4. The summed E-state index contributed by atoms with van der Waals surface area (Å²) < 4.78 is 13.2. The Hall–Kier alpha value is -4.40. The molecule has 2 aliphatic rings. The van der Waals surface area contributed by atoms with Crippen LogP contribution in [0.3, 0.4) is 0 Å². The van der Waals surface area contributed by atoms with Gasteiger partial charge >= 0.3 is 0 Å². The van der Waals surface area contributed by atoms with E-state index in [4.69, 9.17) is 9.47 Å². The molecule has 1 fully saturated rings. The van der Waals surface area contributed by atoms with Gasteiger partial charge in [-0.3, -0.25) is 14.5 Å². The van der Waals surface area contributed by atoms with E-state index in [0.717, 1.165) is 42.3 Å².